The molecule has 1 heterocycles. The van der Waals surface area contributed by atoms with Crippen molar-refractivity contribution in [3.05, 3.63) is 11.9 Å². The van der Waals surface area contributed by atoms with Crippen LogP contribution in [-0.4, -0.2) is 52.8 Å². The topological polar surface area (TPSA) is 99.3 Å². The van der Waals surface area contributed by atoms with E-state index < -0.39 is 5.60 Å². The number of hydrogen-bond donors (Lipinski definition) is 4. The lowest BCUT2D eigenvalue weighted by atomic mass is 10.1. The van der Waals surface area contributed by atoms with Gasteiger partial charge in [-0.25, -0.2) is 15.8 Å². The molecule has 0 radical (unpaired) electrons. The van der Waals surface area contributed by atoms with Gasteiger partial charge in [0.25, 0.3) is 0 Å². The van der Waals surface area contributed by atoms with Gasteiger partial charge in [0, 0.05) is 19.2 Å². The van der Waals surface area contributed by atoms with E-state index in [4.69, 9.17) is 5.84 Å². The molecule has 1 rings (SSSR count). The molecular weight excluding hydrogens is 232 g/mol. The summed E-state index contributed by atoms with van der Waals surface area (Å²) in [6, 6.07) is 1.69. The fourth-order valence-electron chi connectivity index (χ4n) is 1.75. The molecule has 7 nitrogen and oxygen atoms in total. The van der Waals surface area contributed by atoms with Gasteiger partial charge in [-0.05, 0) is 27.9 Å². The van der Waals surface area contributed by atoms with Gasteiger partial charge in [-0.3, -0.25) is 0 Å². The summed E-state index contributed by atoms with van der Waals surface area (Å²) < 4.78 is 0. The summed E-state index contributed by atoms with van der Waals surface area (Å²) >= 11 is 0. The average molecular weight is 254 g/mol. The first kappa shape index (κ1) is 14.6. The van der Waals surface area contributed by atoms with Crippen molar-refractivity contribution in [1.29, 1.82) is 0 Å². The van der Waals surface area contributed by atoms with Crippen LogP contribution in [0.1, 0.15) is 12.7 Å². The second kappa shape index (κ2) is 5.94. The van der Waals surface area contributed by atoms with Crippen molar-refractivity contribution in [3.8, 4) is 0 Å². The van der Waals surface area contributed by atoms with Gasteiger partial charge >= 0.3 is 0 Å². The Balaban J connectivity index is 2.65. The van der Waals surface area contributed by atoms with E-state index in [-0.39, 0.29) is 0 Å². The summed E-state index contributed by atoms with van der Waals surface area (Å²) in [4.78, 5) is 10.2. The second-order valence-electron chi connectivity index (χ2n) is 4.92. The molecule has 0 amide bonds. The Hall–Kier alpha value is -1.44. The van der Waals surface area contributed by atoms with Gasteiger partial charge in [0.2, 0.25) is 0 Å². The number of nitrogens with zero attached hydrogens (tertiary/aromatic N) is 3. The van der Waals surface area contributed by atoms with Crippen molar-refractivity contribution >= 4 is 11.6 Å². The lowest BCUT2D eigenvalue weighted by molar-refractivity contribution is 0.0459. The van der Waals surface area contributed by atoms with Gasteiger partial charge in [-0.2, -0.15) is 0 Å². The maximum atomic E-state index is 10.2. The normalized spacial score (nSPS) is 14.4. The zero-order valence-corrected chi connectivity index (χ0v) is 11.4. The zero-order chi connectivity index (χ0) is 13.8. The van der Waals surface area contributed by atoms with Crippen molar-refractivity contribution < 1.29 is 5.11 Å². The molecule has 1 aromatic rings. The fraction of sp³-hybridized carbons (Fsp3) is 0.636. The molecule has 7 heteroatoms. The van der Waals surface area contributed by atoms with Gasteiger partial charge in [-0.15, -0.1) is 0 Å². The van der Waals surface area contributed by atoms with Crippen LogP contribution in [0, 0.1) is 6.92 Å². The average Bonchev–Trinajstić information content (AvgIpc) is 2.24. The highest BCUT2D eigenvalue weighted by Gasteiger charge is 2.21. The molecule has 1 atom stereocenters. The van der Waals surface area contributed by atoms with Crippen molar-refractivity contribution in [2.24, 2.45) is 5.84 Å². The molecule has 0 aliphatic heterocycles. The Morgan fingerprint density at radius 3 is 2.56 bits per heavy atom. The summed E-state index contributed by atoms with van der Waals surface area (Å²) in [5.74, 6) is 7.10. The van der Waals surface area contributed by atoms with Crippen LogP contribution in [0.25, 0.3) is 0 Å². The molecule has 5 N–H and O–H groups in total. The number of nitrogens with one attached hydrogen (secondary N) is 2. The number of likely N-dealkylation sites (N-methyl/N-ethyl adjacent to an activating group) is 1. The number of aliphatic hydroxyl groups is 1. The quantitative estimate of drug-likeness (QED) is 0.412. The summed E-state index contributed by atoms with van der Waals surface area (Å²) in [6.07, 6.45) is 0. The molecule has 1 unspecified atom stereocenters. The van der Waals surface area contributed by atoms with Crippen LogP contribution in [0.15, 0.2) is 6.07 Å². The van der Waals surface area contributed by atoms with Gasteiger partial charge in [0.1, 0.15) is 17.5 Å². The molecule has 102 valence electrons. The van der Waals surface area contributed by atoms with Crippen LogP contribution in [0.5, 0.6) is 0 Å². The minimum absolute atomic E-state index is 0.394. The first-order valence-corrected chi connectivity index (χ1v) is 5.76. The third-order valence-corrected chi connectivity index (χ3v) is 2.29. The first-order chi connectivity index (χ1) is 8.32. The predicted molar refractivity (Wildman–Crippen MR) is 72.2 cm³/mol. The Morgan fingerprint density at radius 2 is 2.00 bits per heavy atom. The monoisotopic (exact) mass is 254 g/mol. The number of rotatable bonds is 6. The Morgan fingerprint density at radius 1 is 1.39 bits per heavy atom. The first-order valence-electron chi connectivity index (χ1n) is 5.76. The number of nitrogen functional groups attached to an aromatic ring is 1. The van der Waals surface area contributed by atoms with Crippen molar-refractivity contribution in [1.82, 2.24) is 14.9 Å². The summed E-state index contributed by atoms with van der Waals surface area (Å²) in [5, 5.41) is 13.2. The predicted octanol–water partition coefficient (Wildman–Crippen LogP) is -0.205. The number of hydrogen-bond acceptors (Lipinski definition) is 7. The zero-order valence-electron chi connectivity index (χ0n) is 11.4. The second-order valence-corrected chi connectivity index (χ2v) is 4.92. The molecule has 0 aliphatic rings. The molecule has 0 aromatic carbocycles. The van der Waals surface area contributed by atoms with Crippen molar-refractivity contribution in [2.45, 2.75) is 19.4 Å². The highest BCUT2D eigenvalue weighted by Crippen LogP contribution is 2.12. The summed E-state index contributed by atoms with van der Waals surface area (Å²) in [7, 11) is 3.83. The van der Waals surface area contributed by atoms with Gasteiger partial charge in [0.05, 0.1) is 5.60 Å². The molecule has 0 spiro atoms. The van der Waals surface area contributed by atoms with Crippen molar-refractivity contribution in [2.75, 3.05) is 37.9 Å². The highest BCUT2D eigenvalue weighted by atomic mass is 16.3. The third kappa shape index (κ3) is 4.82. The molecule has 0 saturated carbocycles. The lowest BCUT2D eigenvalue weighted by Gasteiger charge is -2.27. The van der Waals surface area contributed by atoms with E-state index in [1.807, 2.05) is 19.0 Å². The maximum Gasteiger partial charge on any atom is 0.145 e. The van der Waals surface area contributed by atoms with E-state index in [0.29, 0.717) is 30.5 Å². The molecule has 0 fully saturated rings. The van der Waals surface area contributed by atoms with Crippen LogP contribution < -0.4 is 16.6 Å². The Bertz CT molecular complexity index is 393. The largest absolute Gasteiger partial charge is 0.387 e. The fourth-order valence-corrected chi connectivity index (χ4v) is 1.75. The number of anilines is 2. The number of aromatic nitrogens is 2. The van der Waals surface area contributed by atoms with E-state index in [0.717, 1.165) is 0 Å². The number of hydrazine groups is 1. The molecule has 18 heavy (non-hydrogen) atoms. The van der Waals surface area contributed by atoms with E-state index >= 15 is 0 Å². The minimum Gasteiger partial charge on any atom is -0.387 e. The van der Waals surface area contributed by atoms with E-state index in [1.54, 1.807) is 19.9 Å². The highest BCUT2D eigenvalue weighted by molar-refractivity contribution is 5.46. The number of nitrogens with two attached hydrogens (primary N) is 1. The Kier molecular flexibility index (Phi) is 4.83. The SMILES string of the molecule is Cc1nc(NN)cc(NCC(C)(O)CN(C)C)n1. The van der Waals surface area contributed by atoms with Crippen molar-refractivity contribution in [3.63, 3.8) is 0 Å². The smallest absolute Gasteiger partial charge is 0.145 e. The standard InChI is InChI=1S/C11H22N6O/c1-8-14-9(5-10(15-8)16-12)13-6-11(2,18)7-17(3)4/h5,18H,6-7,12H2,1-4H3,(H2,13,14,15,16). The summed E-state index contributed by atoms with van der Waals surface area (Å²) in [6.45, 7) is 4.51. The van der Waals surface area contributed by atoms with Gasteiger partial charge in [-0.1, -0.05) is 0 Å². The van der Waals surface area contributed by atoms with Gasteiger partial charge < -0.3 is 20.7 Å². The van der Waals surface area contributed by atoms with E-state index in [1.165, 1.54) is 0 Å². The van der Waals surface area contributed by atoms with Crippen LogP contribution >= 0.6 is 0 Å². The molecule has 0 saturated heterocycles. The number of aryl methyl sites for hydroxylation is 1. The lowest BCUT2D eigenvalue weighted by Crippen LogP contribution is -2.43. The third-order valence-electron chi connectivity index (χ3n) is 2.29. The molecule has 1 aromatic heterocycles. The van der Waals surface area contributed by atoms with Crippen LogP contribution in [-0.2, 0) is 0 Å². The Labute approximate surface area is 107 Å². The van der Waals surface area contributed by atoms with E-state index in [9.17, 15) is 5.11 Å². The minimum atomic E-state index is -0.835. The molecule has 0 aliphatic carbocycles. The maximum absolute atomic E-state index is 10.2. The van der Waals surface area contributed by atoms with Crippen LogP contribution in [0.4, 0.5) is 11.6 Å². The van der Waals surface area contributed by atoms with E-state index in [2.05, 4.69) is 20.7 Å². The van der Waals surface area contributed by atoms with Crippen LogP contribution in [0.2, 0.25) is 0 Å². The van der Waals surface area contributed by atoms with Crippen LogP contribution in [0.3, 0.4) is 0 Å². The molecular formula is C11H22N6O. The van der Waals surface area contributed by atoms with Gasteiger partial charge in [0.15, 0.2) is 0 Å². The molecule has 0 bridgehead atoms. The summed E-state index contributed by atoms with van der Waals surface area (Å²) in [5.41, 5.74) is 1.64.